The van der Waals surface area contributed by atoms with Crippen molar-refractivity contribution in [3.05, 3.63) is 47.5 Å². The lowest BCUT2D eigenvalue weighted by Crippen LogP contribution is -2.12. The van der Waals surface area contributed by atoms with Crippen molar-refractivity contribution in [3.8, 4) is 16.3 Å². The minimum Gasteiger partial charge on any atom is -0.476 e. The van der Waals surface area contributed by atoms with Crippen LogP contribution >= 0.6 is 11.3 Å². The number of aromatic carboxylic acids is 1. The summed E-state index contributed by atoms with van der Waals surface area (Å²) in [4.78, 5) is 12.0. The van der Waals surface area contributed by atoms with Crippen molar-refractivity contribution in [2.24, 2.45) is 5.14 Å². The van der Waals surface area contributed by atoms with Crippen molar-refractivity contribution in [2.75, 3.05) is 0 Å². The van der Waals surface area contributed by atoms with E-state index in [1.807, 2.05) is 5.38 Å². The molecule has 0 fully saturated rings. The largest absolute Gasteiger partial charge is 0.476 e. The number of nitrogens with zero attached hydrogens (tertiary/aromatic N) is 3. The van der Waals surface area contributed by atoms with E-state index in [2.05, 4.69) is 10.3 Å². The molecule has 0 aliphatic rings. The van der Waals surface area contributed by atoms with Crippen molar-refractivity contribution in [1.82, 2.24) is 15.0 Å². The molecule has 0 aliphatic carbocycles. The molecule has 3 N–H and O–H groups in total. The molecule has 0 saturated heterocycles. The van der Waals surface area contributed by atoms with Crippen LogP contribution in [-0.2, 0) is 10.0 Å². The quantitative estimate of drug-likeness (QED) is 0.731. The third-order valence-corrected chi connectivity index (χ3v) is 4.84. The summed E-state index contributed by atoms with van der Waals surface area (Å²) in [5.74, 6) is -1.19. The highest BCUT2D eigenvalue weighted by Crippen LogP contribution is 2.29. The number of benzene rings is 1. The van der Waals surface area contributed by atoms with Crippen molar-refractivity contribution in [1.29, 1.82) is 0 Å². The second kappa shape index (κ2) is 5.57. The lowest BCUT2D eigenvalue weighted by Gasteiger charge is -2.06. The maximum Gasteiger partial charge on any atom is 0.358 e. The Morgan fingerprint density at radius 3 is 2.43 bits per heavy atom. The summed E-state index contributed by atoms with van der Waals surface area (Å²) in [5, 5.41) is 23.7. The molecule has 3 aromatic rings. The molecule has 0 bridgehead atoms. The Morgan fingerprint density at radius 2 is 1.91 bits per heavy atom. The second-order valence-corrected chi connectivity index (χ2v) is 7.03. The van der Waals surface area contributed by atoms with Gasteiger partial charge in [0.15, 0.2) is 5.69 Å². The van der Waals surface area contributed by atoms with Gasteiger partial charge in [-0.25, -0.2) is 23.0 Å². The number of hydrogen-bond acceptors (Lipinski definition) is 6. The summed E-state index contributed by atoms with van der Waals surface area (Å²) in [5.41, 5.74) is 0.625. The van der Waals surface area contributed by atoms with Gasteiger partial charge in [0.2, 0.25) is 10.0 Å². The van der Waals surface area contributed by atoms with E-state index in [0.717, 1.165) is 0 Å². The lowest BCUT2D eigenvalue weighted by atomic mass is 10.2. The van der Waals surface area contributed by atoms with Gasteiger partial charge in [0.1, 0.15) is 5.69 Å². The summed E-state index contributed by atoms with van der Waals surface area (Å²) in [6.07, 6.45) is 0. The molecular formula is C13H10N4O4S2. The third-order valence-electron chi connectivity index (χ3n) is 3.04. The van der Waals surface area contributed by atoms with Crippen LogP contribution in [-0.4, -0.2) is 34.5 Å². The van der Waals surface area contributed by atoms with E-state index in [-0.39, 0.29) is 10.6 Å². The van der Waals surface area contributed by atoms with Crippen molar-refractivity contribution in [2.45, 2.75) is 4.90 Å². The zero-order valence-corrected chi connectivity index (χ0v) is 13.1. The number of hydrogen-bond donors (Lipinski definition) is 2. The Kier molecular flexibility index (Phi) is 3.72. The highest BCUT2D eigenvalue weighted by Gasteiger charge is 2.22. The second-order valence-electron chi connectivity index (χ2n) is 4.52. The number of sulfonamides is 1. The summed E-state index contributed by atoms with van der Waals surface area (Å²) in [6, 6.07) is 9.16. The third kappa shape index (κ3) is 2.86. The van der Waals surface area contributed by atoms with Gasteiger partial charge in [-0.05, 0) is 35.7 Å². The van der Waals surface area contributed by atoms with Crippen LogP contribution in [0.4, 0.5) is 0 Å². The Morgan fingerprint density at radius 1 is 1.22 bits per heavy atom. The monoisotopic (exact) mass is 350 g/mol. The molecule has 8 nitrogen and oxygen atoms in total. The van der Waals surface area contributed by atoms with Crippen LogP contribution in [0.2, 0.25) is 0 Å². The fraction of sp³-hybridized carbons (Fsp3) is 0. The van der Waals surface area contributed by atoms with Crippen molar-refractivity contribution >= 4 is 27.3 Å². The molecule has 23 heavy (non-hydrogen) atoms. The van der Waals surface area contributed by atoms with Gasteiger partial charge >= 0.3 is 5.97 Å². The van der Waals surface area contributed by atoms with E-state index in [1.165, 1.54) is 40.3 Å². The summed E-state index contributed by atoms with van der Waals surface area (Å²) in [7, 11) is -3.80. The molecule has 0 unspecified atom stereocenters. The minimum absolute atomic E-state index is 0.0440. The molecule has 2 heterocycles. The van der Waals surface area contributed by atoms with E-state index in [0.29, 0.717) is 16.3 Å². The van der Waals surface area contributed by atoms with E-state index < -0.39 is 16.0 Å². The normalized spacial score (nSPS) is 11.5. The molecule has 0 spiro atoms. The van der Waals surface area contributed by atoms with Gasteiger partial charge in [-0.2, -0.15) is 0 Å². The number of carbonyl (C=O) groups is 1. The average Bonchev–Trinajstić information content (AvgIpc) is 3.15. The van der Waals surface area contributed by atoms with Crippen LogP contribution in [0.1, 0.15) is 10.5 Å². The molecule has 0 atom stereocenters. The van der Waals surface area contributed by atoms with Gasteiger partial charge in [-0.3, -0.25) is 0 Å². The Labute approximate surface area is 134 Å². The van der Waals surface area contributed by atoms with Gasteiger partial charge in [0, 0.05) is 0 Å². The van der Waals surface area contributed by atoms with Crippen molar-refractivity contribution < 1.29 is 18.3 Å². The highest BCUT2D eigenvalue weighted by molar-refractivity contribution is 7.89. The lowest BCUT2D eigenvalue weighted by molar-refractivity contribution is 0.0691. The van der Waals surface area contributed by atoms with Crippen LogP contribution in [0.25, 0.3) is 16.3 Å². The van der Waals surface area contributed by atoms with E-state index >= 15 is 0 Å². The fourth-order valence-electron chi connectivity index (χ4n) is 2.02. The summed E-state index contributed by atoms with van der Waals surface area (Å²) < 4.78 is 23.9. The molecule has 2 aromatic heterocycles. The summed E-state index contributed by atoms with van der Waals surface area (Å²) in [6.45, 7) is 0. The van der Waals surface area contributed by atoms with Crippen LogP contribution in [0.15, 0.2) is 46.7 Å². The molecular weight excluding hydrogens is 340 g/mol. The number of thiophene rings is 1. The average molecular weight is 350 g/mol. The molecule has 0 saturated carbocycles. The van der Waals surface area contributed by atoms with Gasteiger partial charge in [-0.15, -0.1) is 16.4 Å². The molecule has 0 amide bonds. The number of nitrogens with two attached hydrogens (primary N) is 1. The van der Waals surface area contributed by atoms with Crippen molar-refractivity contribution in [3.63, 3.8) is 0 Å². The number of carboxylic acids is 1. The first-order valence-corrected chi connectivity index (χ1v) is 8.66. The number of carboxylic acid groups (broad SMARTS) is 1. The highest BCUT2D eigenvalue weighted by atomic mass is 32.2. The predicted molar refractivity (Wildman–Crippen MR) is 83.0 cm³/mol. The first kappa shape index (κ1) is 15.3. The Hall–Kier alpha value is -2.56. The maximum atomic E-state index is 11.3. The number of primary sulfonamides is 1. The Bertz CT molecular complexity index is 960. The first-order chi connectivity index (χ1) is 10.9. The molecule has 10 heteroatoms. The zero-order valence-electron chi connectivity index (χ0n) is 11.4. The maximum absolute atomic E-state index is 11.3. The molecule has 118 valence electrons. The smallest absolute Gasteiger partial charge is 0.358 e. The minimum atomic E-state index is -3.80. The van der Waals surface area contributed by atoms with E-state index in [9.17, 15) is 18.3 Å². The standard InChI is InChI=1S/C13H10N4O4S2/c14-23(20,21)9-5-3-8(4-6-9)17-12(10-2-1-7-22-10)11(13(18)19)15-16-17/h1-7H,(H,18,19)(H2,14,20,21). The molecule has 0 aliphatic heterocycles. The van der Waals surface area contributed by atoms with Gasteiger partial charge in [0.25, 0.3) is 0 Å². The molecule has 1 aromatic carbocycles. The molecule has 3 rings (SSSR count). The SMILES string of the molecule is NS(=O)(=O)c1ccc(-n2nnc(C(=O)O)c2-c2cccs2)cc1. The number of rotatable bonds is 4. The van der Waals surface area contributed by atoms with Gasteiger partial charge in [0.05, 0.1) is 15.5 Å². The molecule has 0 radical (unpaired) electrons. The van der Waals surface area contributed by atoms with Crippen LogP contribution in [0.5, 0.6) is 0 Å². The van der Waals surface area contributed by atoms with E-state index in [4.69, 9.17) is 5.14 Å². The van der Waals surface area contributed by atoms with Gasteiger partial charge in [-0.1, -0.05) is 11.3 Å². The topological polar surface area (TPSA) is 128 Å². The Balaban J connectivity index is 2.16. The van der Waals surface area contributed by atoms with Crippen LogP contribution in [0.3, 0.4) is 0 Å². The fourth-order valence-corrected chi connectivity index (χ4v) is 3.29. The summed E-state index contributed by atoms with van der Waals surface area (Å²) >= 11 is 1.35. The number of aromatic nitrogens is 3. The van der Waals surface area contributed by atoms with Crippen LogP contribution in [0, 0.1) is 0 Å². The first-order valence-electron chi connectivity index (χ1n) is 6.24. The van der Waals surface area contributed by atoms with E-state index in [1.54, 1.807) is 12.1 Å². The zero-order chi connectivity index (χ0) is 16.6. The van der Waals surface area contributed by atoms with Gasteiger partial charge < -0.3 is 5.11 Å². The van der Waals surface area contributed by atoms with Crippen LogP contribution < -0.4 is 5.14 Å². The predicted octanol–water partition coefficient (Wildman–Crippen LogP) is 1.34.